The number of ether oxygens (including phenoxy) is 1. The van der Waals surface area contributed by atoms with Gasteiger partial charge in [0.05, 0.1) is 6.61 Å². The Morgan fingerprint density at radius 1 is 1.24 bits per heavy atom. The molecular formula is C9H16O8. The van der Waals surface area contributed by atoms with Crippen molar-refractivity contribution in [2.75, 3.05) is 6.61 Å². The third kappa shape index (κ3) is 4.75. The van der Waals surface area contributed by atoms with E-state index in [1.165, 1.54) is 0 Å². The number of aliphatic hydroxyl groups is 5. The first kappa shape index (κ1) is 15.9. The van der Waals surface area contributed by atoms with E-state index in [0.29, 0.717) is 0 Å². The van der Waals surface area contributed by atoms with Crippen LogP contribution in [0, 0.1) is 0 Å². The number of carbonyl (C=O) groups is 2. The van der Waals surface area contributed by atoms with Crippen LogP contribution in [0.4, 0.5) is 0 Å². The van der Waals surface area contributed by atoms with Crippen molar-refractivity contribution in [1.82, 2.24) is 0 Å². The van der Waals surface area contributed by atoms with Crippen LogP contribution in [0.15, 0.2) is 0 Å². The van der Waals surface area contributed by atoms with Gasteiger partial charge in [-0.25, -0.2) is 4.79 Å². The Balaban J connectivity index is 4.55. The lowest BCUT2D eigenvalue weighted by Gasteiger charge is -2.25. The molecule has 0 aliphatic heterocycles. The summed E-state index contributed by atoms with van der Waals surface area (Å²) in [6.45, 7) is 0.254. The molecule has 0 spiro atoms. The van der Waals surface area contributed by atoms with Crippen LogP contribution in [0.1, 0.15) is 6.92 Å². The number of hydrogen-bond donors (Lipinski definition) is 5. The molecule has 5 N–H and O–H groups in total. The highest BCUT2D eigenvalue weighted by atomic mass is 16.6. The zero-order chi connectivity index (χ0) is 13.6. The van der Waals surface area contributed by atoms with Crippen molar-refractivity contribution in [2.24, 2.45) is 0 Å². The fraction of sp³-hybridized carbons (Fsp3) is 0.778. The van der Waals surface area contributed by atoms with E-state index in [9.17, 15) is 19.8 Å². The van der Waals surface area contributed by atoms with Crippen LogP contribution in [0.2, 0.25) is 0 Å². The molecule has 0 aromatic heterocycles. The van der Waals surface area contributed by atoms with Crippen molar-refractivity contribution in [3.63, 3.8) is 0 Å². The first-order chi connectivity index (χ1) is 7.84. The smallest absolute Gasteiger partial charge is 0.335 e. The molecule has 0 saturated carbocycles. The maximum absolute atomic E-state index is 10.9. The molecule has 0 radical (unpaired) electrons. The van der Waals surface area contributed by atoms with Crippen LogP contribution in [0.25, 0.3) is 0 Å². The van der Waals surface area contributed by atoms with E-state index in [-0.39, 0.29) is 6.29 Å². The molecule has 0 aromatic rings. The quantitative estimate of drug-likeness (QED) is 0.179. The Labute approximate surface area is 97.1 Å². The van der Waals surface area contributed by atoms with Crippen molar-refractivity contribution in [3.8, 4) is 0 Å². The molecule has 0 heterocycles. The molecule has 0 rings (SSSR count). The van der Waals surface area contributed by atoms with Crippen LogP contribution >= 0.6 is 0 Å². The number of rotatable bonds is 7. The number of aldehydes is 1. The van der Waals surface area contributed by atoms with Gasteiger partial charge in [0, 0.05) is 0 Å². The molecule has 0 aliphatic rings. The highest BCUT2D eigenvalue weighted by Crippen LogP contribution is 2.08. The summed E-state index contributed by atoms with van der Waals surface area (Å²) in [5.74, 6) is -1.16. The Bertz CT molecular complexity index is 253. The van der Waals surface area contributed by atoms with Gasteiger partial charge in [0.15, 0.2) is 12.4 Å². The van der Waals surface area contributed by atoms with Gasteiger partial charge < -0.3 is 30.3 Å². The van der Waals surface area contributed by atoms with Crippen LogP contribution in [-0.2, 0) is 14.3 Å². The molecule has 5 atom stereocenters. The van der Waals surface area contributed by atoms with Crippen LogP contribution < -0.4 is 0 Å². The summed E-state index contributed by atoms with van der Waals surface area (Å²) < 4.78 is 4.38. The first-order valence-electron chi connectivity index (χ1n) is 4.84. The second-order valence-electron chi connectivity index (χ2n) is 3.44. The van der Waals surface area contributed by atoms with E-state index in [2.05, 4.69) is 4.74 Å². The van der Waals surface area contributed by atoms with Crippen LogP contribution in [0.5, 0.6) is 0 Å². The molecule has 1 unspecified atom stereocenters. The zero-order valence-electron chi connectivity index (χ0n) is 9.13. The summed E-state index contributed by atoms with van der Waals surface area (Å²) in [7, 11) is 0. The number of esters is 1. The average molecular weight is 253 g/mol. The third-order valence-electron chi connectivity index (χ3n) is 2.00. The number of hydrogen-bond acceptors (Lipinski definition) is 8. The van der Waals surface area contributed by atoms with Crippen LogP contribution in [0.3, 0.4) is 0 Å². The summed E-state index contributed by atoms with van der Waals surface area (Å²) in [6.07, 6.45) is -8.65. The first-order valence-corrected chi connectivity index (χ1v) is 4.84. The largest absolute Gasteiger partial charge is 0.450 e. The van der Waals surface area contributed by atoms with Crippen LogP contribution in [-0.4, -0.2) is 74.9 Å². The molecular weight excluding hydrogens is 237 g/mol. The lowest BCUT2D eigenvalue weighted by Crippen LogP contribution is -2.48. The topological polar surface area (TPSA) is 145 Å². The minimum absolute atomic E-state index is 0.0399. The van der Waals surface area contributed by atoms with Gasteiger partial charge >= 0.3 is 5.97 Å². The second-order valence-corrected chi connectivity index (χ2v) is 3.44. The molecule has 0 fully saturated rings. The van der Waals surface area contributed by atoms with E-state index in [0.717, 1.165) is 6.92 Å². The van der Waals surface area contributed by atoms with Gasteiger partial charge in [-0.05, 0) is 6.92 Å². The summed E-state index contributed by atoms with van der Waals surface area (Å²) in [6, 6.07) is 0. The number of aliphatic hydroxyl groups excluding tert-OH is 5. The van der Waals surface area contributed by atoms with E-state index >= 15 is 0 Å². The van der Waals surface area contributed by atoms with Gasteiger partial charge in [0.1, 0.15) is 24.4 Å². The van der Waals surface area contributed by atoms with Crippen molar-refractivity contribution in [3.05, 3.63) is 0 Å². The second kappa shape index (κ2) is 7.30. The normalized spacial score (nSPS) is 19.9. The molecule has 8 nitrogen and oxygen atoms in total. The highest BCUT2D eigenvalue weighted by molar-refractivity contribution is 5.76. The fourth-order valence-electron chi connectivity index (χ4n) is 0.941. The van der Waals surface area contributed by atoms with E-state index < -0.39 is 43.1 Å². The predicted octanol–water partition coefficient (Wildman–Crippen LogP) is -3.45. The van der Waals surface area contributed by atoms with Crippen molar-refractivity contribution < 1.29 is 39.9 Å². The Morgan fingerprint density at radius 2 is 1.76 bits per heavy atom. The van der Waals surface area contributed by atoms with Gasteiger partial charge in [-0.1, -0.05) is 0 Å². The lowest BCUT2D eigenvalue weighted by molar-refractivity contribution is -0.174. The van der Waals surface area contributed by atoms with Crippen molar-refractivity contribution in [2.45, 2.75) is 37.4 Å². The Hall–Kier alpha value is -1.06. The highest BCUT2D eigenvalue weighted by Gasteiger charge is 2.34. The van der Waals surface area contributed by atoms with Gasteiger partial charge in [-0.3, -0.25) is 4.79 Å². The lowest BCUT2D eigenvalue weighted by atomic mass is 10.1. The molecule has 0 aromatic carbocycles. The molecule has 0 amide bonds. The molecule has 8 heteroatoms. The number of carbonyl (C=O) groups excluding carboxylic acids is 2. The monoisotopic (exact) mass is 253 g/mol. The summed E-state index contributed by atoms with van der Waals surface area (Å²) in [5, 5.41) is 45.0. The standard InChI is InChI=1S/C9H16O8/c1-4(12)9(16)17-6(3-11)8(15)7(14)5(13)2-10/h3-8,10,12-15H,2H2,1H3/t4?,5-,6+,7-,8-/m1/s1/i3+1. The predicted molar refractivity (Wildman–Crippen MR) is 52.7 cm³/mol. The van der Waals surface area contributed by atoms with E-state index in [4.69, 9.17) is 15.3 Å². The molecule has 0 bridgehead atoms. The maximum Gasteiger partial charge on any atom is 0.335 e. The fourth-order valence-corrected chi connectivity index (χ4v) is 0.941. The minimum atomic E-state index is -1.91. The zero-order valence-corrected chi connectivity index (χ0v) is 9.13. The molecule has 17 heavy (non-hydrogen) atoms. The van der Waals surface area contributed by atoms with E-state index in [1.807, 2.05) is 0 Å². The van der Waals surface area contributed by atoms with Gasteiger partial charge in [-0.15, -0.1) is 0 Å². The Kier molecular flexibility index (Phi) is 6.85. The summed E-state index contributed by atoms with van der Waals surface area (Å²) in [5.41, 5.74) is 0. The van der Waals surface area contributed by atoms with E-state index in [1.54, 1.807) is 0 Å². The maximum atomic E-state index is 10.9. The van der Waals surface area contributed by atoms with Crippen molar-refractivity contribution >= 4 is 12.3 Å². The van der Waals surface area contributed by atoms with Gasteiger partial charge in [-0.2, -0.15) is 0 Å². The Morgan fingerprint density at radius 3 is 2.12 bits per heavy atom. The third-order valence-corrected chi connectivity index (χ3v) is 2.00. The minimum Gasteiger partial charge on any atom is -0.450 e. The average Bonchev–Trinajstić information content (AvgIpc) is 2.32. The van der Waals surface area contributed by atoms with Gasteiger partial charge in [0.2, 0.25) is 0 Å². The summed E-state index contributed by atoms with van der Waals surface area (Å²) >= 11 is 0. The molecule has 100 valence electrons. The van der Waals surface area contributed by atoms with Gasteiger partial charge in [0.25, 0.3) is 0 Å². The van der Waals surface area contributed by atoms with Crippen molar-refractivity contribution in [1.29, 1.82) is 0 Å². The SMILES string of the molecule is CC(O)C(=O)O[C@@H]([13CH]=O)[C@@H](O)[C@H](O)[C@H](O)CO. The molecule has 0 saturated heterocycles. The molecule has 0 aliphatic carbocycles. The summed E-state index contributed by atoms with van der Waals surface area (Å²) in [4.78, 5) is 21.5.